The smallest absolute Gasteiger partial charge is 0.258 e. The second-order valence-electron chi connectivity index (χ2n) is 10.4. The highest BCUT2D eigenvalue weighted by atomic mass is 35.5. The molecule has 8 nitrogen and oxygen atoms in total. The molecule has 1 N–H and O–H groups in total. The van der Waals surface area contributed by atoms with Gasteiger partial charge >= 0.3 is 0 Å². The van der Waals surface area contributed by atoms with Gasteiger partial charge in [0.1, 0.15) is 24.7 Å². The third kappa shape index (κ3) is 6.37. The summed E-state index contributed by atoms with van der Waals surface area (Å²) in [6.07, 6.45) is 2.69. The van der Waals surface area contributed by atoms with E-state index in [9.17, 15) is 4.79 Å². The number of hydrogen-bond acceptors (Lipinski definition) is 7. The fraction of sp³-hybridized carbons (Fsp3) is 0.281. The highest BCUT2D eigenvalue weighted by Gasteiger charge is 2.40. The van der Waals surface area contributed by atoms with Crippen LogP contribution in [0.1, 0.15) is 22.8 Å². The van der Waals surface area contributed by atoms with Crippen LogP contribution in [0, 0.1) is 0 Å². The highest BCUT2D eigenvalue weighted by Crippen LogP contribution is 2.38. The molecule has 2 aliphatic rings. The van der Waals surface area contributed by atoms with E-state index in [1.807, 2.05) is 49.4 Å². The van der Waals surface area contributed by atoms with E-state index in [-0.39, 0.29) is 12.0 Å². The largest absolute Gasteiger partial charge is 0.491 e. The normalized spacial score (nSPS) is 20.5. The molecular weight excluding hydrogens is 577 g/mol. The molecule has 0 saturated carbocycles. The Morgan fingerprint density at radius 2 is 1.62 bits per heavy atom. The molecule has 3 heterocycles. The van der Waals surface area contributed by atoms with E-state index in [0.717, 1.165) is 54.6 Å². The number of ether oxygens (including phenoxy) is 3. The number of amides is 1. The van der Waals surface area contributed by atoms with E-state index in [2.05, 4.69) is 27.2 Å². The minimum atomic E-state index is -0.944. The summed E-state index contributed by atoms with van der Waals surface area (Å²) in [6.45, 7) is 6.22. The number of furan rings is 1. The van der Waals surface area contributed by atoms with Crippen molar-refractivity contribution in [2.24, 2.45) is 0 Å². The molecule has 42 heavy (non-hydrogen) atoms. The van der Waals surface area contributed by atoms with Crippen LogP contribution in [0.25, 0.3) is 0 Å². The van der Waals surface area contributed by atoms with Gasteiger partial charge in [0.25, 0.3) is 5.91 Å². The molecule has 0 radical (unpaired) electrons. The molecule has 10 heteroatoms. The van der Waals surface area contributed by atoms with Crippen LogP contribution >= 0.6 is 23.2 Å². The topological polar surface area (TPSA) is 76.4 Å². The van der Waals surface area contributed by atoms with Gasteiger partial charge in [-0.15, -0.1) is 0 Å². The third-order valence-electron chi connectivity index (χ3n) is 7.55. The summed E-state index contributed by atoms with van der Waals surface area (Å²) in [4.78, 5) is 16.9. The molecular formula is C32H31Cl2N3O5. The summed E-state index contributed by atoms with van der Waals surface area (Å²) in [7, 11) is 0. The van der Waals surface area contributed by atoms with E-state index in [1.165, 1.54) is 12.5 Å². The van der Waals surface area contributed by atoms with Crippen LogP contribution in [-0.4, -0.2) is 51.4 Å². The predicted octanol–water partition coefficient (Wildman–Crippen LogP) is 6.83. The second kappa shape index (κ2) is 12.3. The summed E-state index contributed by atoms with van der Waals surface area (Å²) in [5, 5.41) is 3.96. The number of anilines is 3. The number of rotatable bonds is 8. The fourth-order valence-electron chi connectivity index (χ4n) is 5.24. The van der Waals surface area contributed by atoms with Crippen molar-refractivity contribution in [3.63, 3.8) is 0 Å². The predicted molar refractivity (Wildman–Crippen MR) is 164 cm³/mol. The fourth-order valence-corrected chi connectivity index (χ4v) is 5.82. The zero-order chi connectivity index (χ0) is 29.1. The van der Waals surface area contributed by atoms with Gasteiger partial charge in [-0.3, -0.25) is 4.79 Å². The maximum atomic E-state index is 12.2. The van der Waals surface area contributed by atoms with Gasteiger partial charge in [0, 0.05) is 53.8 Å². The Balaban J connectivity index is 0.966. The van der Waals surface area contributed by atoms with Crippen molar-refractivity contribution in [1.29, 1.82) is 0 Å². The molecule has 4 aromatic rings. The van der Waals surface area contributed by atoms with Crippen LogP contribution in [0.2, 0.25) is 10.0 Å². The van der Waals surface area contributed by atoms with Gasteiger partial charge in [-0.1, -0.05) is 29.3 Å². The van der Waals surface area contributed by atoms with Crippen LogP contribution < -0.4 is 19.9 Å². The molecule has 2 atom stereocenters. The van der Waals surface area contributed by atoms with Crippen molar-refractivity contribution in [1.82, 2.24) is 0 Å². The summed E-state index contributed by atoms with van der Waals surface area (Å²) in [5.74, 6) is -0.357. The molecule has 2 aliphatic heterocycles. The highest BCUT2D eigenvalue weighted by molar-refractivity contribution is 6.35. The van der Waals surface area contributed by atoms with Crippen molar-refractivity contribution < 1.29 is 23.4 Å². The quantitative estimate of drug-likeness (QED) is 0.235. The lowest BCUT2D eigenvalue weighted by Gasteiger charge is -2.37. The zero-order valence-electron chi connectivity index (χ0n) is 23.1. The Morgan fingerprint density at radius 3 is 2.24 bits per heavy atom. The lowest BCUT2D eigenvalue weighted by atomic mass is 10.1. The summed E-state index contributed by atoms with van der Waals surface area (Å²) >= 11 is 12.4. The molecule has 1 amide bonds. The molecule has 218 valence electrons. The third-order valence-corrected chi connectivity index (χ3v) is 8.10. The zero-order valence-corrected chi connectivity index (χ0v) is 24.6. The van der Waals surface area contributed by atoms with Crippen LogP contribution in [0.3, 0.4) is 0 Å². The maximum absolute atomic E-state index is 12.2. The number of nitrogens with one attached hydrogen (secondary N) is 1. The van der Waals surface area contributed by atoms with E-state index >= 15 is 0 Å². The van der Waals surface area contributed by atoms with E-state index in [4.69, 9.17) is 41.8 Å². The van der Waals surface area contributed by atoms with Crippen LogP contribution in [-0.2, 0) is 15.3 Å². The Kier molecular flexibility index (Phi) is 8.31. The van der Waals surface area contributed by atoms with Gasteiger partial charge in [0.2, 0.25) is 0 Å². The van der Waals surface area contributed by atoms with Crippen molar-refractivity contribution in [2.45, 2.75) is 18.8 Å². The Labute approximate surface area is 254 Å². The number of nitrogens with zero attached hydrogens (tertiary/aromatic N) is 2. The Hall–Kier alpha value is -3.69. The van der Waals surface area contributed by atoms with Crippen molar-refractivity contribution in [3.8, 4) is 5.75 Å². The van der Waals surface area contributed by atoms with Gasteiger partial charge in [-0.2, -0.15) is 0 Å². The average molecular weight is 609 g/mol. The summed E-state index contributed by atoms with van der Waals surface area (Å²) < 4.78 is 23.1. The van der Waals surface area contributed by atoms with Crippen molar-refractivity contribution in [3.05, 3.63) is 106 Å². The maximum Gasteiger partial charge on any atom is 0.258 e. The molecule has 2 saturated heterocycles. The number of benzene rings is 3. The lowest BCUT2D eigenvalue weighted by molar-refractivity contribution is -0.164. The molecule has 0 aliphatic carbocycles. The minimum absolute atomic E-state index is 0.190. The number of carbonyl (C=O) groups excluding carboxylic acids is 1. The van der Waals surface area contributed by atoms with E-state index in [1.54, 1.807) is 18.2 Å². The molecule has 1 aromatic heterocycles. The molecule has 2 fully saturated rings. The summed E-state index contributed by atoms with van der Waals surface area (Å²) in [5.41, 5.74) is 4.28. The Morgan fingerprint density at radius 1 is 0.952 bits per heavy atom. The molecule has 0 unspecified atom stereocenters. The first-order chi connectivity index (χ1) is 20.4. The van der Waals surface area contributed by atoms with Gasteiger partial charge in [0.05, 0.1) is 23.5 Å². The number of halogens is 2. The number of piperazine rings is 1. The minimum Gasteiger partial charge on any atom is -0.491 e. The first-order valence-electron chi connectivity index (χ1n) is 13.8. The average Bonchev–Trinajstić information content (AvgIpc) is 3.68. The lowest BCUT2D eigenvalue weighted by Crippen LogP contribution is -2.46. The first kappa shape index (κ1) is 28.4. The second-order valence-corrected chi connectivity index (χ2v) is 11.3. The molecule has 3 aromatic carbocycles. The van der Waals surface area contributed by atoms with Crippen LogP contribution in [0.15, 0.2) is 89.7 Å². The van der Waals surface area contributed by atoms with Crippen molar-refractivity contribution >= 4 is 46.2 Å². The van der Waals surface area contributed by atoms with Crippen LogP contribution in [0.5, 0.6) is 5.75 Å². The molecule has 0 bridgehead atoms. The molecule has 6 rings (SSSR count). The Bertz CT molecular complexity index is 1510. The standard InChI is InChI=1S/C32H31Cl2N3O5/c1-32(29-11-2-23(33)18-30(29)34)41-21-28(42-32)20-40-27-9-7-26(8-10-27)37-15-13-36(14-16-37)25-5-3-24(4-6-25)35-31(38)22-12-17-39-19-22/h2-12,17-19,28H,13-16,20-21H2,1H3,(H,35,38)/t28-,32+/m1/s1. The van der Waals surface area contributed by atoms with E-state index in [0.29, 0.717) is 28.8 Å². The summed E-state index contributed by atoms with van der Waals surface area (Å²) in [6, 6.07) is 23.0. The van der Waals surface area contributed by atoms with Crippen molar-refractivity contribution in [2.75, 3.05) is 54.5 Å². The SMILES string of the molecule is C[C@]1(c2ccc(Cl)cc2Cl)OC[C@@H](COc2ccc(N3CCN(c4ccc(NC(=O)c5ccoc5)cc4)CC3)cc2)O1. The first-order valence-corrected chi connectivity index (χ1v) is 14.6. The van der Waals surface area contributed by atoms with E-state index < -0.39 is 5.79 Å². The van der Waals surface area contributed by atoms with Gasteiger partial charge in [-0.25, -0.2) is 0 Å². The van der Waals surface area contributed by atoms with Gasteiger partial charge in [-0.05, 0) is 73.7 Å². The molecule has 0 spiro atoms. The van der Waals surface area contributed by atoms with Gasteiger partial charge in [0.15, 0.2) is 5.79 Å². The van der Waals surface area contributed by atoms with Crippen LogP contribution in [0.4, 0.5) is 17.1 Å². The van der Waals surface area contributed by atoms with Gasteiger partial charge < -0.3 is 33.7 Å². The monoisotopic (exact) mass is 607 g/mol. The number of hydrogen-bond donors (Lipinski definition) is 1. The number of carbonyl (C=O) groups is 1.